The molecule has 2 saturated heterocycles. The lowest BCUT2D eigenvalue weighted by Gasteiger charge is -2.37. The maximum absolute atomic E-state index is 10.1. The first kappa shape index (κ1) is 13.0. The average Bonchev–Trinajstić information content (AvgIpc) is 2.89. The van der Waals surface area contributed by atoms with Crippen molar-refractivity contribution in [3.63, 3.8) is 0 Å². The highest BCUT2D eigenvalue weighted by Gasteiger charge is 2.51. The van der Waals surface area contributed by atoms with E-state index in [0.717, 1.165) is 5.56 Å². The molecule has 6 unspecified atom stereocenters. The lowest BCUT2D eigenvalue weighted by molar-refractivity contribution is -0.261. The van der Waals surface area contributed by atoms with E-state index >= 15 is 0 Å². The number of methoxy groups -OCH3 is 1. The minimum absolute atomic E-state index is 0.343. The van der Waals surface area contributed by atoms with E-state index in [2.05, 4.69) is 0 Å². The molecule has 1 N–H and O–H groups in total. The molecule has 0 aromatic heterocycles. The molecule has 1 aromatic rings. The standard InChI is InChI=1S/C14H18O5/c1-8-10(15)11-12(14(16-2)17-8)19-13(18-11)9-6-4-3-5-7-9/h3-8,10-15H,1-2H3. The minimum atomic E-state index is -0.717. The van der Waals surface area contributed by atoms with Crippen molar-refractivity contribution in [2.24, 2.45) is 0 Å². The van der Waals surface area contributed by atoms with Crippen molar-refractivity contribution in [3.05, 3.63) is 35.9 Å². The van der Waals surface area contributed by atoms with Crippen molar-refractivity contribution in [1.29, 1.82) is 0 Å². The van der Waals surface area contributed by atoms with Crippen LogP contribution in [0.4, 0.5) is 0 Å². The van der Waals surface area contributed by atoms with Crippen LogP contribution in [0.2, 0.25) is 0 Å². The molecular formula is C14H18O5. The fourth-order valence-electron chi connectivity index (χ4n) is 2.56. The van der Waals surface area contributed by atoms with E-state index in [4.69, 9.17) is 18.9 Å². The Kier molecular flexibility index (Phi) is 3.56. The van der Waals surface area contributed by atoms with Gasteiger partial charge in [0.1, 0.15) is 18.3 Å². The molecule has 2 fully saturated rings. The number of fused-ring (bicyclic) bond motifs is 1. The van der Waals surface area contributed by atoms with Crippen molar-refractivity contribution in [3.8, 4) is 0 Å². The highest BCUT2D eigenvalue weighted by molar-refractivity contribution is 5.17. The Labute approximate surface area is 112 Å². The van der Waals surface area contributed by atoms with Gasteiger partial charge in [0.2, 0.25) is 0 Å². The summed E-state index contributed by atoms with van der Waals surface area (Å²) in [6.07, 6.45) is -2.91. The van der Waals surface area contributed by atoms with Gasteiger partial charge in [-0.05, 0) is 6.92 Å². The molecule has 5 heteroatoms. The van der Waals surface area contributed by atoms with Gasteiger partial charge in [-0.3, -0.25) is 0 Å². The van der Waals surface area contributed by atoms with E-state index < -0.39 is 30.9 Å². The molecule has 0 spiro atoms. The summed E-state index contributed by atoms with van der Waals surface area (Å²) in [5.41, 5.74) is 0.923. The molecule has 6 atom stereocenters. The summed E-state index contributed by atoms with van der Waals surface area (Å²) in [6.45, 7) is 1.80. The second-order valence-electron chi connectivity index (χ2n) is 4.88. The van der Waals surface area contributed by atoms with Gasteiger partial charge in [0.05, 0.1) is 6.10 Å². The fourth-order valence-corrected chi connectivity index (χ4v) is 2.56. The van der Waals surface area contributed by atoms with Crippen molar-refractivity contribution in [2.45, 2.75) is 43.9 Å². The van der Waals surface area contributed by atoms with E-state index in [9.17, 15) is 5.11 Å². The molecule has 2 aliphatic heterocycles. The van der Waals surface area contributed by atoms with Gasteiger partial charge in [0.15, 0.2) is 12.6 Å². The van der Waals surface area contributed by atoms with E-state index in [1.54, 1.807) is 14.0 Å². The summed E-state index contributed by atoms with van der Waals surface area (Å²) < 4.78 is 22.5. The second-order valence-corrected chi connectivity index (χ2v) is 4.88. The van der Waals surface area contributed by atoms with Gasteiger partial charge >= 0.3 is 0 Å². The Balaban J connectivity index is 1.81. The van der Waals surface area contributed by atoms with Crippen molar-refractivity contribution < 1.29 is 24.1 Å². The van der Waals surface area contributed by atoms with Crippen molar-refractivity contribution in [2.75, 3.05) is 7.11 Å². The Morgan fingerprint density at radius 3 is 2.42 bits per heavy atom. The highest BCUT2D eigenvalue weighted by atomic mass is 16.8. The Bertz CT molecular complexity index is 417. The minimum Gasteiger partial charge on any atom is -0.388 e. The number of ether oxygens (including phenoxy) is 4. The first-order valence-electron chi connectivity index (χ1n) is 6.43. The zero-order valence-corrected chi connectivity index (χ0v) is 10.9. The van der Waals surface area contributed by atoms with Crippen LogP contribution in [0.3, 0.4) is 0 Å². The quantitative estimate of drug-likeness (QED) is 0.872. The number of benzene rings is 1. The zero-order valence-electron chi connectivity index (χ0n) is 10.9. The highest BCUT2D eigenvalue weighted by Crippen LogP contribution is 2.38. The summed E-state index contributed by atoms with van der Waals surface area (Å²) in [5, 5.41) is 10.1. The van der Waals surface area contributed by atoms with Gasteiger partial charge < -0.3 is 24.1 Å². The van der Waals surface area contributed by atoms with Gasteiger partial charge in [0, 0.05) is 12.7 Å². The molecular weight excluding hydrogens is 248 g/mol. The molecule has 0 amide bonds. The summed E-state index contributed by atoms with van der Waals surface area (Å²) in [5.74, 6) is 0. The third-order valence-electron chi connectivity index (χ3n) is 3.62. The van der Waals surface area contributed by atoms with Crippen LogP contribution in [-0.2, 0) is 18.9 Å². The molecule has 104 valence electrons. The normalized spacial score (nSPS) is 42.1. The maximum Gasteiger partial charge on any atom is 0.186 e. The SMILES string of the molecule is COC1OC(C)C(O)C2OC(c3ccccc3)OC12. The van der Waals surface area contributed by atoms with Crippen molar-refractivity contribution in [1.82, 2.24) is 0 Å². The number of aliphatic hydroxyl groups is 1. The van der Waals surface area contributed by atoms with Crippen LogP contribution in [-0.4, -0.2) is 42.9 Å². The van der Waals surface area contributed by atoms with E-state index in [-0.39, 0.29) is 6.10 Å². The van der Waals surface area contributed by atoms with Crippen molar-refractivity contribution >= 4 is 0 Å². The van der Waals surface area contributed by atoms with Crippen LogP contribution in [0.5, 0.6) is 0 Å². The van der Waals surface area contributed by atoms with Gasteiger partial charge in [-0.15, -0.1) is 0 Å². The monoisotopic (exact) mass is 266 g/mol. The molecule has 2 heterocycles. The summed E-state index contributed by atoms with van der Waals surface area (Å²) >= 11 is 0. The summed E-state index contributed by atoms with van der Waals surface area (Å²) in [6, 6.07) is 9.64. The number of hydrogen-bond acceptors (Lipinski definition) is 5. The topological polar surface area (TPSA) is 57.2 Å². The van der Waals surface area contributed by atoms with Crippen LogP contribution in [0.15, 0.2) is 30.3 Å². The predicted octanol–water partition coefficient (Wildman–Crippen LogP) is 1.22. The first-order chi connectivity index (χ1) is 9.20. The Hall–Kier alpha value is -0.980. The smallest absolute Gasteiger partial charge is 0.186 e. The molecule has 0 radical (unpaired) electrons. The van der Waals surface area contributed by atoms with E-state index in [1.165, 1.54) is 0 Å². The largest absolute Gasteiger partial charge is 0.388 e. The number of hydrogen-bond donors (Lipinski definition) is 1. The molecule has 3 rings (SSSR count). The zero-order chi connectivity index (χ0) is 13.4. The summed E-state index contributed by atoms with van der Waals surface area (Å²) in [7, 11) is 1.56. The number of rotatable bonds is 2. The van der Waals surface area contributed by atoms with Gasteiger partial charge in [0.25, 0.3) is 0 Å². The molecule has 0 saturated carbocycles. The third-order valence-corrected chi connectivity index (χ3v) is 3.62. The first-order valence-corrected chi connectivity index (χ1v) is 6.43. The van der Waals surface area contributed by atoms with Crippen LogP contribution in [0.1, 0.15) is 18.8 Å². The third kappa shape index (κ3) is 2.28. The molecule has 19 heavy (non-hydrogen) atoms. The second kappa shape index (κ2) is 5.19. The lowest BCUT2D eigenvalue weighted by Crippen LogP contribution is -2.55. The Morgan fingerprint density at radius 2 is 1.74 bits per heavy atom. The molecule has 0 aliphatic carbocycles. The van der Waals surface area contributed by atoms with Crippen LogP contribution < -0.4 is 0 Å². The molecule has 0 bridgehead atoms. The summed E-state index contributed by atoms with van der Waals surface area (Å²) in [4.78, 5) is 0. The maximum atomic E-state index is 10.1. The molecule has 2 aliphatic rings. The van der Waals surface area contributed by atoms with Crippen LogP contribution >= 0.6 is 0 Å². The van der Waals surface area contributed by atoms with E-state index in [1.807, 2.05) is 30.3 Å². The average molecular weight is 266 g/mol. The van der Waals surface area contributed by atoms with Gasteiger partial charge in [-0.25, -0.2) is 0 Å². The Morgan fingerprint density at radius 1 is 1.05 bits per heavy atom. The van der Waals surface area contributed by atoms with Gasteiger partial charge in [-0.1, -0.05) is 30.3 Å². The van der Waals surface area contributed by atoms with Crippen LogP contribution in [0.25, 0.3) is 0 Å². The lowest BCUT2D eigenvalue weighted by atomic mass is 10.0. The predicted molar refractivity (Wildman–Crippen MR) is 66.3 cm³/mol. The molecule has 5 nitrogen and oxygen atoms in total. The fraction of sp³-hybridized carbons (Fsp3) is 0.571. The number of aliphatic hydroxyl groups excluding tert-OH is 1. The van der Waals surface area contributed by atoms with Gasteiger partial charge in [-0.2, -0.15) is 0 Å². The van der Waals surface area contributed by atoms with E-state index in [0.29, 0.717) is 0 Å². The van der Waals surface area contributed by atoms with Crippen LogP contribution in [0, 0.1) is 0 Å². The molecule has 1 aromatic carbocycles.